The van der Waals surface area contributed by atoms with E-state index < -0.39 is 0 Å². The number of nitrogens with one attached hydrogen (secondary N) is 1. The second kappa shape index (κ2) is 10.8. The van der Waals surface area contributed by atoms with E-state index in [0.717, 1.165) is 56.6 Å². The molecule has 3 rings (SSSR count). The van der Waals surface area contributed by atoms with Gasteiger partial charge in [0.25, 0.3) is 5.56 Å². The van der Waals surface area contributed by atoms with Crippen LogP contribution < -0.4 is 10.9 Å². The van der Waals surface area contributed by atoms with Crippen molar-refractivity contribution in [3.05, 3.63) is 70.1 Å². The van der Waals surface area contributed by atoms with Crippen LogP contribution in [0.1, 0.15) is 36.9 Å². The Morgan fingerprint density at radius 3 is 2.52 bits per heavy atom. The van der Waals surface area contributed by atoms with E-state index in [9.17, 15) is 4.79 Å². The molecule has 0 aliphatic carbocycles. The summed E-state index contributed by atoms with van der Waals surface area (Å²) in [5, 5.41) is 3.51. The molecule has 2 aromatic rings. The summed E-state index contributed by atoms with van der Waals surface area (Å²) >= 11 is 0. The zero-order chi connectivity index (χ0) is 20.5. The number of guanidine groups is 1. The molecular weight excluding hydrogens is 360 g/mol. The fourth-order valence-electron chi connectivity index (χ4n) is 4.13. The lowest BCUT2D eigenvalue weighted by Gasteiger charge is -2.34. The van der Waals surface area contributed by atoms with Gasteiger partial charge in [-0.3, -0.25) is 9.79 Å². The lowest BCUT2D eigenvalue weighted by Crippen LogP contribution is -2.46. The SMILES string of the molecule is CN=C(NCCCCn1c(C)cccc1=O)N1CCC(Cc2ccccc2)CC1. The van der Waals surface area contributed by atoms with Crippen molar-refractivity contribution in [2.24, 2.45) is 10.9 Å². The second-order valence-electron chi connectivity index (χ2n) is 7.96. The maximum atomic E-state index is 11.9. The summed E-state index contributed by atoms with van der Waals surface area (Å²) in [5.74, 6) is 1.77. The van der Waals surface area contributed by atoms with Crippen LogP contribution in [0, 0.1) is 12.8 Å². The van der Waals surface area contributed by atoms with Crippen molar-refractivity contribution in [3.8, 4) is 0 Å². The van der Waals surface area contributed by atoms with Crippen LogP contribution in [0.3, 0.4) is 0 Å². The summed E-state index contributed by atoms with van der Waals surface area (Å²) in [6, 6.07) is 16.3. The third-order valence-electron chi connectivity index (χ3n) is 5.85. The second-order valence-corrected chi connectivity index (χ2v) is 7.96. The van der Waals surface area contributed by atoms with E-state index in [0.29, 0.717) is 0 Å². The molecule has 5 heteroatoms. The first-order valence-electron chi connectivity index (χ1n) is 10.8. The standard InChI is InChI=1S/C24H34N4O/c1-20-9-8-12-23(29)28(20)16-7-6-15-26-24(25-2)27-17-13-22(14-18-27)19-21-10-4-3-5-11-21/h3-5,8-12,22H,6-7,13-19H2,1-2H3,(H,25,26). The topological polar surface area (TPSA) is 49.6 Å². The summed E-state index contributed by atoms with van der Waals surface area (Å²) in [7, 11) is 1.87. The Morgan fingerprint density at radius 1 is 1.07 bits per heavy atom. The van der Waals surface area contributed by atoms with Crippen LogP contribution in [0.2, 0.25) is 0 Å². The molecule has 1 aromatic carbocycles. The largest absolute Gasteiger partial charge is 0.356 e. The molecule has 0 spiro atoms. The molecule has 156 valence electrons. The smallest absolute Gasteiger partial charge is 0.250 e. The van der Waals surface area contributed by atoms with Gasteiger partial charge in [0.1, 0.15) is 0 Å². The molecule has 1 N–H and O–H groups in total. The van der Waals surface area contributed by atoms with Gasteiger partial charge < -0.3 is 14.8 Å². The van der Waals surface area contributed by atoms with E-state index >= 15 is 0 Å². The molecule has 0 radical (unpaired) electrons. The van der Waals surface area contributed by atoms with Gasteiger partial charge in [-0.15, -0.1) is 0 Å². The monoisotopic (exact) mass is 394 g/mol. The maximum absolute atomic E-state index is 11.9. The van der Waals surface area contributed by atoms with Crippen molar-refractivity contribution in [1.82, 2.24) is 14.8 Å². The van der Waals surface area contributed by atoms with Crippen molar-refractivity contribution in [2.45, 2.75) is 45.6 Å². The summed E-state index contributed by atoms with van der Waals surface area (Å²) in [6.45, 7) is 5.78. The third-order valence-corrected chi connectivity index (χ3v) is 5.85. The van der Waals surface area contributed by atoms with Crippen molar-refractivity contribution in [3.63, 3.8) is 0 Å². The fraction of sp³-hybridized carbons (Fsp3) is 0.500. The molecule has 0 atom stereocenters. The average molecular weight is 395 g/mol. The van der Waals surface area contributed by atoms with Crippen LogP contribution in [0.5, 0.6) is 0 Å². The van der Waals surface area contributed by atoms with Crippen LogP contribution in [0.4, 0.5) is 0 Å². The lowest BCUT2D eigenvalue weighted by atomic mass is 9.90. The van der Waals surface area contributed by atoms with Crippen LogP contribution >= 0.6 is 0 Å². The highest BCUT2D eigenvalue weighted by molar-refractivity contribution is 5.79. The highest BCUT2D eigenvalue weighted by Gasteiger charge is 2.21. The molecule has 1 aromatic heterocycles. The zero-order valence-electron chi connectivity index (χ0n) is 17.8. The van der Waals surface area contributed by atoms with Crippen LogP contribution in [-0.2, 0) is 13.0 Å². The number of benzene rings is 1. The Labute approximate surface area is 174 Å². The number of aliphatic imine (C=N–C) groups is 1. The maximum Gasteiger partial charge on any atom is 0.250 e. The van der Waals surface area contributed by atoms with E-state index in [1.807, 2.05) is 30.7 Å². The number of hydrogen-bond donors (Lipinski definition) is 1. The number of unbranched alkanes of at least 4 members (excludes halogenated alkanes) is 1. The molecule has 1 fully saturated rings. The molecule has 0 unspecified atom stereocenters. The summed E-state index contributed by atoms with van der Waals surface area (Å²) in [6.07, 6.45) is 5.61. The number of nitrogens with zero attached hydrogens (tertiary/aromatic N) is 3. The van der Waals surface area contributed by atoms with E-state index in [2.05, 4.69) is 45.5 Å². The van der Waals surface area contributed by atoms with Gasteiger partial charge in [-0.1, -0.05) is 36.4 Å². The van der Waals surface area contributed by atoms with Gasteiger partial charge in [0, 0.05) is 45.0 Å². The highest BCUT2D eigenvalue weighted by atomic mass is 16.1. The fourth-order valence-corrected chi connectivity index (χ4v) is 4.13. The minimum Gasteiger partial charge on any atom is -0.356 e. The predicted octanol–water partition coefficient (Wildman–Crippen LogP) is 3.47. The summed E-state index contributed by atoms with van der Waals surface area (Å²) in [4.78, 5) is 18.8. The van der Waals surface area contributed by atoms with Crippen molar-refractivity contribution in [2.75, 3.05) is 26.7 Å². The quantitative estimate of drug-likeness (QED) is 0.444. The minimum absolute atomic E-state index is 0.0899. The molecule has 1 saturated heterocycles. The van der Waals surface area contributed by atoms with Crippen molar-refractivity contribution in [1.29, 1.82) is 0 Å². The first-order valence-corrected chi connectivity index (χ1v) is 10.8. The van der Waals surface area contributed by atoms with Gasteiger partial charge >= 0.3 is 0 Å². The third kappa shape index (κ3) is 6.21. The minimum atomic E-state index is 0.0899. The zero-order valence-corrected chi connectivity index (χ0v) is 17.8. The summed E-state index contributed by atoms with van der Waals surface area (Å²) in [5.41, 5.74) is 2.56. The first kappa shape index (κ1) is 21.2. The number of aromatic nitrogens is 1. The Kier molecular flexibility index (Phi) is 7.91. The Morgan fingerprint density at radius 2 is 1.83 bits per heavy atom. The van der Waals surface area contributed by atoms with Gasteiger partial charge in [-0.2, -0.15) is 0 Å². The first-order chi connectivity index (χ1) is 14.2. The molecule has 1 aliphatic rings. The Hall–Kier alpha value is -2.56. The Bertz CT molecular complexity index is 835. The van der Waals surface area contributed by atoms with E-state index in [4.69, 9.17) is 0 Å². The number of likely N-dealkylation sites (tertiary alicyclic amines) is 1. The van der Waals surface area contributed by atoms with Crippen molar-refractivity contribution >= 4 is 5.96 Å². The molecule has 0 saturated carbocycles. The number of hydrogen-bond acceptors (Lipinski definition) is 2. The predicted molar refractivity (Wildman–Crippen MR) is 120 cm³/mol. The van der Waals surface area contributed by atoms with Crippen LogP contribution in [-0.4, -0.2) is 42.1 Å². The molecule has 0 bridgehead atoms. The molecule has 5 nitrogen and oxygen atoms in total. The van der Waals surface area contributed by atoms with E-state index in [1.54, 1.807) is 6.07 Å². The lowest BCUT2D eigenvalue weighted by molar-refractivity contribution is 0.259. The van der Waals surface area contributed by atoms with Crippen LogP contribution in [0.25, 0.3) is 0 Å². The number of pyridine rings is 1. The molecule has 1 aliphatic heterocycles. The highest BCUT2D eigenvalue weighted by Crippen LogP contribution is 2.21. The summed E-state index contributed by atoms with van der Waals surface area (Å²) < 4.78 is 1.85. The molecule has 0 amide bonds. The van der Waals surface area contributed by atoms with Gasteiger partial charge in [-0.25, -0.2) is 0 Å². The molecular formula is C24H34N4O. The van der Waals surface area contributed by atoms with Gasteiger partial charge in [0.2, 0.25) is 0 Å². The van der Waals surface area contributed by atoms with Gasteiger partial charge in [-0.05, 0) is 56.6 Å². The van der Waals surface area contributed by atoms with Crippen molar-refractivity contribution < 1.29 is 0 Å². The molecule has 2 heterocycles. The van der Waals surface area contributed by atoms with Gasteiger partial charge in [0.15, 0.2) is 5.96 Å². The molecule has 29 heavy (non-hydrogen) atoms. The Balaban J connectivity index is 1.37. The average Bonchev–Trinajstić information content (AvgIpc) is 2.74. The van der Waals surface area contributed by atoms with E-state index in [-0.39, 0.29) is 5.56 Å². The number of aryl methyl sites for hydroxylation is 1. The number of piperidine rings is 1. The van der Waals surface area contributed by atoms with E-state index in [1.165, 1.54) is 24.8 Å². The van der Waals surface area contributed by atoms with Gasteiger partial charge in [0.05, 0.1) is 0 Å². The number of rotatable bonds is 7. The van der Waals surface area contributed by atoms with Crippen LogP contribution in [0.15, 0.2) is 58.3 Å². The normalized spacial score (nSPS) is 15.5.